The molecule has 1 fully saturated rings. The maximum atomic E-state index is 9.19. The summed E-state index contributed by atoms with van der Waals surface area (Å²) in [6.07, 6.45) is 0.987. The van der Waals surface area contributed by atoms with Gasteiger partial charge in [-0.3, -0.25) is 4.90 Å². The molecule has 0 aromatic heterocycles. The molecular weight excluding hydrogens is 174 g/mol. The number of aliphatic hydroxyl groups excluding tert-OH is 1. The van der Waals surface area contributed by atoms with Gasteiger partial charge in [0.25, 0.3) is 0 Å². The van der Waals surface area contributed by atoms with Gasteiger partial charge in [-0.2, -0.15) is 0 Å². The second kappa shape index (κ2) is 4.11. The largest absolute Gasteiger partial charge is 0.390 e. The van der Waals surface area contributed by atoms with Crippen LogP contribution < -0.4 is 0 Å². The van der Waals surface area contributed by atoms with Crippen LogP contribution in [0.2, 0.25) is 0 Å². The van der Waals surface area contributed by atoms with Crippen LogP contribution in [0.3, 0.4) is 0 Å². The Labute approximate surface area is 85.2 Å². The standard InChI is InChI=1S/C12H17NO/c1-10(13-8-12(14)9-13)7-11-5-3-2-4-6-11/h2-6,10,12,14H,7-9H2,1H3. The van der Waals surface area contributed by atoms with Crippen LogP contribution in [0, 0.1) is 0 Å². The average Bonchev–Trinajstić information content (AvgIpc) is 2.14. The molecule has 2 rings (SSSR count). The van der Waals surface area contributed by atoms with Crippen molar-refractivity contribution in [3.8, 4) is 0 Å². The summed E-state index contributed by atoms with van der Waals surface area (Å²) in [5, 5.41) is 9.19. The minimum atomic E-state index is -0.0896. The van der Waals surface area contributed by atoms with Crippen LogP contribution in [-0.4, -0.2) is 35.2 Å². The van der Waals surface area contributed by atoms with Gasteiger partial charge in [0.15, 0.2) is 0 Å². The zero-order valence-electron chi connectivity index (χ0n) is 8.56. The predicted octanol–water partition coefficient (Wildman–Crippen LogP) is 1.29. The molecule has 1 aromatic carbocycles. The molecule has 1 unspecified atom stereocenters. The molecule has 0 spiro atoms. The molecule has 0 bridgehead atoms. The highest BCUT2D eigenvalue weighted by molar-refractivity contribution is 5.15. The van der Waals surface area contributed by atoms with Crippen molar-refractivity contribution >= 4 is 0 Å². The van der Waals surface area contributed by atoms with Crippen LogP contribution in [0.5, 0.6) is 0 Å². The molecule has 1 aromatic rings. The first-order chi connectivity index (χ1) is 6.75. The Kier molecular flexibility index (Phi) is 2.85. The van der Waals surface area contributed by atoms with Gasteiger partial charge in [0, 0.05) is 19.1 Å². The van der Waals surface area contributed by atoms with Crippen LogP contribution in [0.15, 0.2) is 30.3 Å². The number of likely N-dealkylation sites (tertiary alicyclic amines) is 1. The maximum absolute atomic E-state index is 9.19. The Morgan fingerprint density at radius 2 is 2.00 bits per heavy atom. The normalized spacial score (nSPS) is 20.4. The van der Waals surface area contributed by atoms with Gasteiger partial charge in [-0.1, -0.05) is 30.3 Å². The summed E-state index contributed by atoms with van der Waals surface area (Å²) >= 11 is 0. The minimum absolute atomic E-state index is 0.0896. The first kappa shape index (κ1) is 9.69. The molecule has 1 atom stereocenters. The third kappa shape index (κ3) is 2.14. The van der Waals surface area contributed by atoms with Crippen molar-refractivity contribution in [2.45, 2.75) is 25.5 Å². The highest BCUT2D eigenvalue weighted by Gasteiger charge is 2.28. The van der Waals surface area contributed by atoms with E-state index in [1.807, 2.05) is 6.07 Å². The summed E-state index contributed by atoms with van der Waals surface area (Å²) in [5.74, 6) is 0. The molecular formula is C12H17NO. The zero-order valence-corrected chi connectivity index (χ0v) is 8.56. The van der Waals surface area contributed by atoms with E-state index in [4.69, 9.17) is 0 Å². The highest BCUT2D eigenvalue weighted by Crippen LogP contribution is 2.15. The van der Waals surface area contributed by atoms with Crippen LogP contribution in [-0.2, 0) is 6.42 Å². The van der Waals surface area contributed by atoms with E-state index in [1.54, 1.807) is 0 Å². The molecule has 1 saturated heterocycles. The summed E-state index contributed by atoms with van der Waals surface area (Å²) in [5.41, 5.74) is 1.38. The number of benzene rings is 1. The fourth-order valence-corrected chi connectivity index (χ4v) is 1.93. The van der Waals surface area contributed by atoms with Crippen molar-refractivity contribution in [1.29, 1.82) is 0 Å². The third-order valence-electron chi connectivity index (χ3n) is 2.89. The van der Waals surface area contributed by atoms with Gasteiger partial charge in [0.1, 0.15) is 0 Å². The summed E-state index contributed by atoms with van der Waals surface area (Å²) in [4.78, 5) is 2.32. The molecule has 2 nitrogen and oxygen atoms in total. The van der Waals surface area contributed by atoms with Crippen LogP contribution >= 0.6 is 0 Å². The van der Waals surface area contributed by atoms with Crippen LogP contribution in [0.4, 0.5) is 0 Å². The lowest BCUT2D eigenvalue weighted by atomic mass is 10.0. The second-order valence-corrected chi connectivity index (χ2v) is 4.15. The molecule has 1 aliphatic rings. The van der Waals surface area contributed by atoms with Gasteiger partial charge in [-0.15, -0.1) is 0 Å². The van der Waals surface area contributed by atoms with Crippen LogP contribution in [0.25, 0.3) is 0 Å². The summed E-state index contributed by atoms with van der Waals surface area (Å²) in [6, 6.07) is 11.1. The van der Waals surface area contributed by atoms with E-state index in [1.165, 1.54) is 5.56 Å². The van der Waals surface area contributed by atoms with Gasteiger partial charge in [0.05, 0.1) is 6.10 Å². The van der Waals surface area contributed by atoms with Crippen LogP contribution in [0.1, 0.15) is 12.5 Å². The Hall–Kier alpha value is -0.860. The molecule has 0 radical (unpaired) electrons. The number of nitrogens with zero attached hydrogens (tertiary/aromatic N) is 1. The highest BCUT2D eigenvalue weighted by atomic mass is 16.3. The first-order valence-electron chi connectivity index (χ1n) is 5.22. The Morgan fingerprint density at radius 3 is 2.57 bits per heavy atom. The molecule has 0 aliphatic carbocycles. The van der Waals surface area contributed by atoms with Crippen molar-refractivity contribution in [2.75, 3.05) is 13.1 Å². The lowest BCUT2D eigenvalue weighted by molar-refractivity contribution is -0.0202. The number of rotatable bonds is 3. The SMILES string of the molecule is CC(Cc1ccccc1)N1CC(O)C1. The lowest BCUT2D eigenvalue weighted by Gasteiger charge is -2.40. The molecule has 0 saturated carbocycles. The monoisotopic (exact) mass is 191 g/mol. The molecule has 1 N–H and O–H groups in total. The van der Waals surface area contributed by atoms with Gasteiger partial charge >= 0.3 is 0 Å². The summed E-state index contributed by atoms with van der Waals surface area (Å²) < 4.78 is 0. The zero-order chi connectivity index (χ0) is 9.97. The molecule has 2 heteroatoms. The van der Waals surface area contributed by atoms with E-state index in [0.717, 1.165) is 19.5 Å². The molecule has 0 amide bonds. The smallest absolute Gasteiger partial charge is 0.0794 e. The van der Waals surface area contributed by atoms with E-state index >= 15 is 0 Å². The third-order valence-corrected chi connectivity index (χ3v) is 2.89. The van der Waals surface area contributed by atoms with Gasteiger partial charge < -0.3 is 5.11 Å². The van der Waals surface area contributed by atoms with Crippen molar-refractivity contribution < 1.29 is 5.11 Å². The summed E-state index contributed by atoms with van der Waals surface area (Å²) in [7, 11) is 0. The quantitative estimate of drug-likeness (QED) is 0.778. The van der Waals surface area contributed by atoms with E-state index in [-0.39, 0.29) is 6.10 Å². The van der Waals surface area contributed by atoms with Crippen molar-refractivity contribution in [1.82, 2.24) is 4.90 Å². The van der Waals surface area contributed by atoms with Gasteiger partial charge in [0.2, 0.25) is 0 Å². The van der Waals surface area contributed by atoms with E-state index in [0.29, 0.717) is 6.04 Å². The lowest BCUT2D eigenvalue weighted by Crippen LogP contribution is -2.55. The number of β-amino-alcohol motifs (C(OH)–C–C–N with tert-alkyl or cyclic N) is 1. The Bertz CT molecular complexity index is 280. The maximum Gasteiger partial charge on any atom is 0.0794 e. The Morgan fingerprint density at radius 1 is 1.36 bits per heavy atom. The van der Waals surface area contributed by atoms with E-state index < -0.39 is 0 Å². The van der Waals surface area contributed by atoms with Gasteiger partial charge in [-0.25, -0.2) is 0 Å². The van der Waals surface area contributed by atoms with Crippen molar-refractivity contribution in [3.63, 3.8) is 0 Å². The summed E-state index contributed by atoms with van der Waals surface area (Å²) in [6.45, 7) is 3.90. The van der Waals surface area contributed by atoms with Crippen molar-refractivity contribution in [2.24, 2.45) is 0 Å². The second-order valence-electron chi connectivity index (χ2n) is 4.15. The molecule has 14 heavy (non-hydrogen) atoms. The average molecular weight is 191 g/mol. The molecule has 1 aliphatic heterocycles. The molecule has 76 valence electrons. The van der Waals surface area contributed by atoms with Gasteiger partial charge in [-0.05, 0) is 18.9 Å². The number of hydrogen-bond acceptors (Lipinski definition) is 2. The van der Waals surface area contributed by atoms with E-state index in [2.05, 4.69) is 36.1 Å². The van der Waals surface area contributed by atoms with E-state index in [9.17, 15) is 5.11 Å². The first-order valence-corrected chi connectivity index (χ1v) is 5.22. The van der Waals surface area contributed by atoms with Crippen molar-refractivity contribution in [3.05, 3.63) is 35.9 Å². The topological polar surface area (TPSA) is 23.5 Å². The molecule has 1 heterocycles. The number of aliphatic hydroxyl groups is 1. The predicted molar refractivity (Wildman–Crippen MR) is 57.2 cm³/mol. The fraction of sp³-hybridized carbons (Fsp3) is 0.500. The number of hydrogen-bond donors (Lipinski definition) is 1. The minimum Gasteiger partial charge on any atom is -0.390 e. The fourth-order valence-electron chi connectivity index (χ4n) is 1.93. The Balaban J connectivity index is 1.86.